The maximum absolute atomic E-state index is 11.4. The molecule has 0 saturated carbocycles. The summed E-state index contributed by atoms with van der Waals surface area (Å²) in [6, 6.07) is 7.91. The molecule has 0 unspecified atom stereocenters. The Labute approximate surface area is 187 Å². The minimum atomic E-state index is 0. The Balaban J connectivity index is 0.00000300. The van der Waals surface area contributed by atoms with Crippen LogP contribution in [0.5, 0.6) is 5.75 Å². The number of carbonyl (C=O) groups is 1. The number of aromatic amines is 1. The molecule has 1 aromatic carbocycles. The average Bonchev–Trinajstić information content (AvgIpc) is 3.20. The Hall–Kier alpha value is -2.37. The number of benzene rings is 1. The lowest BCUT2D eigenvalue weighted by atomic mass is 10.1. The summed E-state index contributed by atoms with van der Waals surface area (Å²) in [6.07, 6.45) is 1.81. The third-order valence-corrected chi connectivity index (χ3v) is 4.81. The van der Waals surface area contributed by atoms with Gasteiger partial charge in [0.15, 0.2) is 11.8 Å². The van der Waals surface area contributed by atoms with E-state index in [0.717, 1.165) is 43.1 Å². The Kier molecular flexibility index (Phi) is 8.68. The van der Waals surface area contributed by atoms with Gasteiger partial charge < -0.3 is 20.3 Å². The Morgan fingerprint density at radius 3 is 2.59 bits per heavy atom. The molecular weight excluding hydrogens is 485 g/mol. The summed E-state index contributed by atoms with van der Waals surface area (Å²) in [5.41, 5.74) is 0.919. The van der Waals surface area contributed by atoms with E-state index in [9.17, 15) is 4.79 Å². The number of amides is 1. The number of nitrogens with zero attached hydrogens (tertiary/aromatic N) is 4. The molecule has 3 rings (SSSR count). The number of guanidine groups is 1. The first-order chi connectivity index (χ1) is 13.6. The second-order valence-electron chi connectivity index (χ2n) is 6.68. The number of rotatable bonds is 5. The molecule has 9 nitrogen and oxygen atoms in total. The molecule has 1 aromatic heterocycles. The molecule has 158 valence electrons. The number of nitrogens with one attached hydrogen (secondary N) is 3. The van der Waals surface area contributed by atoms with E-state index in [0.29, 0.717) is 24.4 Å². The summed E-state index contributed by atoms with van der Waals surface area (Å²) in [4.78, 5) is 22.1. The second kappa shape index (κ2) is 11.0. The number of halogens is 1. The van der Waals surface area contributed by atoms with Crippen LogP contribution in [0.15, 0.2) is 29.3 Å². The molecular formula is C19H28IN7O2. The molecule has 0 spiro atoms. The van der Waals surface area contributed by atoms with E-state index in [1.807, 2.05) is 29.2 Å². The highest BCUT2D eigenvalue weighted by Crippen LogP contribution is 2.18. The zero-order chi connectivity index (χ0) is 19.9. The van der Waals surface area contributed by atoms with Crippen molar-refractivity contribution in [1.82, 2.24) is 30.7 Å². The van der Waals surface area contributed by atoms with Gasteiger partial charge in [-0.2, -0.15) is 5.10 Å². The normalized spacial score (nSPS) is 14.9. The first kappa shape index (κ1) is 22.9. The molecule has 0 aliphatic carbocycles. The van der Waals surface area contributed by atoms with E-state index in [-0.39, 0.29) is 29.9 Å². The molecule has 3 N–H and O–H groups in total. The fourth-order valence-electron chi connectivity index (χ4n) is 3.14. The summed E-state index contributed by atoms with van der Waals surface area (Å²) in [5.74, 6) is 3.01. The predicted octanol–water partition coefficient (Wildman–Crippen LogP) is 1.77. The lowest BCUT2D eigenvalue weighted by Crippen LogP contribution is -2.49. The van der Waals surface area contributed by atoms with Gasteiger partial charge in [-0.1, -0.05) is 0 Å². The zero-order valence-electron chi connectivity index (χ0n) is 16.9. The van der Waals surface area contributed by atoms with Crippen molar-refractivity contribution in [2.45, 2.75) is 32.4 Å². The van der Waals surface area contributed by atoms with Crippen LogP contribution in [0, 0.1) is 0 Å². The maximum Gasteiger partial charge on any atom is 0.219 e. The first-order valence-electron chi connectivity index (χ1n) is 9.37. The number of aromatic nitrogens is 3. The molecule has 1 amide bonds. The van der Waals surface area contributed by atoms with Gasteiger partial charge in [-0.05, 0) is 37.1 Å². The van der Waals surface area contributed by atoms with Gasteiger partial charge in [-0.3, -0.25) is 14.9 Å². The highest BCUT2D eigenvalue weighted by Gasteiger charge is 2.21. The molecule has 2 heterocycles. The fraction of sp³-hybridized carbons (Fsp3) is 0.474. The van der Waals surface area contributed by atoms with E-state index in [4.69, 9.17) is 4.74 Å². The summed E-state index contributed by atoms with van der Waals surface area (Å²) in [6.45, 7) is 3.65. The molecule has 0 atom stereocenters. The lowest BCUT2D eigenvalue weighted by molar-refractivity contribution is -0.129. The predicted molar refractivity (Wildman–Crippen MR) is 122 cm³/mol. The molecule has 0 radical (unpaired) electrons. The highest BCUT2D eigenvalue weighted by molar-refractivity contribution is 14.0. The molecule has 1 fully saturated rings. The molecule has 0 bridgehead atoms. The number of carbonyl (C=O) groups excluding carboxylic acids is 1. The van der Waals surface area contributed by atoms with E-state index in [1.54, 1.807) is 21.1 Å². The van der Waals surface area contributed by atoms with Crippen LogP contribution in [-0.4, -0.2) is 65.2 Å². The van der Waals surface area contributed by atoms with Crippen molar-refractivity contribution >= 4 is 35.8 Å². The third-order valence-electron chi connectivity index (χ3n) is 4.81. The maximum atomic E-state index is 11.4. The van der Waals surface area contributed by atoms with Crippen molar-refractivity contribution in [3.63, 3.8) is 0 Å². The van der Waals surface area contributed by atoms with Crippen molar-refractivity contribution in [1.29, 1.82) is 0 Å². The number of hydrogen-bond acceptors (Lipinski definition) is 5. The van der Waals surface area contributed by atoms with Gasteiger partial charge in [-0.15, -0.1) is 24.0 Å². The average molecular weight is 513 g/mol. The number of methoxy groups -OCH3 is 1. The summed E-state index contributed by atoms with van der Waals surface area (Å²) in [5, 5.41) is 13.9. The number of likely N-dealkylation sites (tertiary alicyclic amines) is 1. The van der Waals surface area contributed by atoms with Crippen LogP contribution in [0.3, 0.4) is 0 Å². The minimum absolute atomic E-state index is 0. The Morgan fingerprint density at radius 1 is 1.31 bits per heavy atom. The van der Waals surface area contributed by atoms with Gasteiger partial charge in [0.25, 0.3) is 0 Å². The van der Waals surface area contributed by atoms with Gasteiger partial charge in [0, 0.05) is 38.7 Å². The topological polar surface area (TPSA) is 108 Å². The monoisotopic (exact) mass is 513 g/mol. The smallest absolute Gasteiger partial charge is 0.219 e. The van der Waals surface area contributed by atoms with Gasteiger partial charge >= 0.3 is 0 Å². The van der Waals surface area contributed by atoms with Gasteiger partial charge in [0.2, 0.25) is 5.91 Å². The van der Waals surface area contributed by atoms with Crippen molar-refractivity contribution in [2.75, 3.05) is 27.2 Å². The molecule has 1 aliphatic heterocycles. The number of H-pyrrole nitrogens is 1. The minimum Gasteiger partial charge on any atom is -0.497 e. The fourth-order valence-corrected chi connectivity index (χ4v) is 3.14. The summed E-state index contributed by atoms with van der Waals surface area (Å²) >= 11 is 0. The summed E-state index contributed by atoms with van der Waals surface area (Å²) in [7, 11) is 3.38. The largest absolute Gasteiger partial charge is 0.497 e. The van der Waals surface area contributed by atoms with E-state index >= 15 is 0 Å². The summed E-state index contributed by atoms with van der Waals surface area (Å²) < 4.78 is 5.17. The molecule has 1 aliphatic rings. The van der Waals surface area contributed by atoms with Crippen molar-refractivity contribution in [3.05, 3.63) is 30.1 Å². The van der Waals surface area contributed by atoms with Crippen LogP contribution in [0.4, 0.5) is 0 Å². The van der Waals surface area contributed by atoms with E-state index in [2.05, 4.69) is 30.8 Å². The van der Waals surface area contributed by atoms with E-state index < -0.39 is 0 Å². The molecule has 29 heavy (non-hydrogen) atoms. The standard InChI is InChI=1S/C19H27N7O2.HI/c1-13(27)26-10-8-15(9-11-26)22-19(20-2)21-12-17-23-18(25-24-17)14-4-6-16(28-3)7-5-14;/h4-7,15H,8-12H2,1-3H3,(H2,20,21,22)(H,23,24,25);1H. The molecule has 10 heteroatoms. The van der Waals surface area contributed by atoms with Gasteiger partial charge in [0.05, 0.1) is 13.7 Å². The quantitative estimate of drug-likeness (QED) is 0.320. The third kappa shape index (κ3) is 6.31. The Morgan fingerprint density at radius 2 is 2.00 bits per heavy atom. The van der Waals surface area contributed by atoms with Crippen LogP contribution in [0.2, 0.25) is 0 Å². The zero-order valence-corrected chi connectivity index (χ0v) is 19.3. The van der Waals surface area contributed by atoms with Crippen molar-refractivity contribution in [2.24, 2.45) is 4.99 Å². The number of hydrogen-bond donors (Lipinski definition) is 3. The highest BCUT2D eigenvalue weighted by atomic mass is 127. The van der Waals surface area contributed by atoms with Crippen molar-refractivity contribution in [3.8, 4) is 17.1 Å². The SMILES string of the molecule is CN=C(NCc1nc(-c2ccc(OC)cc2)n[nH]1)NC1CCN(C(C)=O)CC1.I. The number of piperidine rings is 1. The van der Waals surface area contributed by atoms with Crippen molar-refractivity contribution < 1.29 is 9.53 Å². The lowest BCUT2D eigenvalue weighted by Gasteiger charge is -2.32. The van der Waals surface area contributed by atoms with Crippen LogP contribution in [0.1, 0.15) is 25.6 Å². The van der Waals surface area contributed by atoms with Gasteiger partial charge in [-0.25, -0.2) is 4.98 Å². The van der Waals surface area contributed by atoms with Gasteiger partial charge in [0.1, 0.15) is 11.6 Å². The Bertz CT molecular complexity index is 814. The number of ether oxygens (including phenoxy) is 1. The number of aliphatic imine (C=N–C) groups is 1. The first-order valence-corrected chi connectivity index (χ1v) is 9.37. The van der Waals surface area contributed by atoms with Crippen LogP contribution < -0.4 is 15.4 Å². The van der Waals surface area contributed by atoms with Crippen LogP contribution in [0.25, 0.3) is 11.4 Å². The van der Waals surface area contributed by atoms with Crippen LogP contribution in [-0.2, 0) is 11.3 Å². The molecule has 2 aromatic rings. The van der Waals surface area contributed by atoms with Crippen LogP contribution >= 0.6 is 24.0 Å². The van der Waals surface area contributed by atoms with E-state index in [1.165, 1.54) is 0 Å². The molecule has 1 saturated heterocycles. The second-order valence-corrected chi connectivity index (χ2v) is 6.68.